The molecule has 0 spiro atoms. The number of likely N-dealkylation sites (tertiary alicyclic amines) is 1. The molecule has 0 bridgehead atoms. The first-order chi connectivity index (χ1) is 12.2. The monoisotopic (exact) mass is 350 g/mol. The lowest BCUT2D eigenvalue weighted by Crippen LogP contribution is -2.55. The summed E-state index contributed by atoms with van der Waals surface area (Å²) in [6.07, 6.45) is 1.13. The zero-order valence-corrected chi connectivity index (χ0v) is 14.6. The van der Waals surface area contributed by atoms with E-state index in [-0.39, 0.29) is 18.8 Å². The van der Waals surface area contributed by atoms with Gasteiger partial charge in [-0.15, -0.1) is 0 Å². The Morgan fingerprint density at radius 1 is 1.16 bits per heavy atom. The molecule has 0 aromatic heterocycles. The molecule has 1 aliphatic rings. The fraction of sp³-hybridized carbons (Fsp3) is 0.556. The van der Waals surface area contributed by atoms with Crippen molar-refractivity contribution in [3.63, 3.8) is 0 Å². The van der Waals surface area contributed by atoms with Gasteiger partial charge in [-0.3, -0.25) is 0 Å². The van der Waals surface area contributed by atoms with Crippen LogP contribution < -0.4 is 5.32 Å². The molecule has 0 aliphatic carbocycles. The predicted molar refractivity (Wildman–Crippen MR) is 92.2 cm³/mol. The number of nitrogens with one attached hydrogen (secondary N) is 1. The van der Waals surface area contributed by atoms with Gasteiger partial charge in [-0.05, 0) is 12.0 Å². The van der Waals surface area contributed by atoms with Crippen LogP contribution in [-0.4, -0.2) is 56.0 Å². The molecule has 1 N–H and O–H groups in total. The van der Waals surface area contributed by atoms with Crippen molar-refractivity contribution in [1.29, 1.82) is 0 Å². The molecule has 1 aliphatic heterocycles. The van der Waals surface area contributed by atoms with E-state index in [2.05, 4.69) is 5.32 Å². The molecule has 7 heteroatoms. The van der Waals surface area contributed by atoms with Crippen molar-refractivity contribution in [2.45, 2.75) is 32.5 Å². The second-order valence-electron chi connectivity index (χ2n) is 5.85. The number of alkyl carbamates (subject to hydrolysis) is 1. The molecule has 1 saturated heterocycles. The zero-order chi connectivity index (χ0) is 17.9. The van der Waals surface area contributed by atoms with Crippen LogP contribution in [0.2, 0.25) is 0 Å². The van der Waals surface area contributed by atoms with Crippen molar-refractivity contribution in [2.24, 2.45) is 0 Å². The molecule has 1 fully saturated rings. The molecule has 1 aromatic carbocycles. The largest absolute Gasteiger partial charge is 0.449 e. The number of hydrogen-bond acceptors (Lipinski definition) is 5. The Balaban J connectivity index is 1.46. The summed E-state index contributed by atoms with van der Waals surface area (Å²) in [5.74, 6) is 0. The van der Waals surface area contributed by atoms with Crippen LogP contribution in [0.1, 0.15) is 25.3 Å². The molecular formula is C18H26N2O5. The molecule has 2 rings (SSSR count). The van der Waals surface area contributed by atoms with E-state index in [0.717, 1.165) is 18.4 Å². The highest BCUT2D eigenvalue weighted by atomic mass is 16.6. The summed E-state index contributed by atoms with van der Waals surface area (Å²) in [4.78, 5) is 24.8. The highest BCUT2D eigenvalue weighted by Gasteiger charge is 2.32. The summed E-state index contributed by atoms with van der Waals surface area (Å²) < 4.78 is 15.8. The summed E-state index contributed by atoms with van der Waals surface area (Å²) >= 11 is 0. The molecule has 7 nitrogen and oxygen atoms in total. The van der Waals surface area contributed by atoms with E-state index >= 15 is 0 Å². The van der Waals surface area contributed by atoms with Gasteiger partial charge in [-0.1, -0.05) is 43.7 Å². The lowest BCUT2D eigenvalue weighted by atomic mass is 10.2. The molecule has 1 heterocycles. The summed E-state index contributed by atoms with van der Waals surface area (Å²) in [6, 6.07) is 9.49. The number of ether oxygens (including phenoxy) is 3. The molecule has 25 heavy (non-hydrogen) atoms. The maximum absolute atomic E-state index is 11.6. The summed E-state index contributed by atoms with van der Waals surface area (Å²) in [5, 5.41) is 2.63. The smallest absolute Gasteiger partial charge is 0.409 e. The topological polar surface area (TPSA) is 77.1 Å². The lowest BCUT2D eigenvalue weighted by Gasteiger charge is -2.37. The average Bonchev–Trinajstić information content (AvgIpc) is 2.59. The van der Waals surface area contributed by atoms with Gasteiger partial charge in [0, 0.05) is 6.54 Å². The minimum absolute atomic E-state index is 0.000800. The van der Waals surface area contributed by atoms with Crippen LogP contribution in [0.3, 0.4) is 0 Å². The first-order valence-electron chi connectivity index (χ1n) is 8.67. The van der Waals surface area contributed by atoms with Crippen molar-refractivity contribution in [1.82, 2.24) is 10.2 Å². The lowest BCUT2D eigenvalue weighted by molar-refractivity contribution is -0.0483. The van der Waals surface area contributed by atoms with E-state index in [4.69, 9.17) is 14.2 Å². The fourth-order valence-corrected chi connectivity index (χ4v) is 2.24. The normalized spacial score (nSPS) is 13.9. The van der Waals surface area contributed by atoms with E-state index in [1.54, 1.807) is 4.90 Å². The van der Waals surface area contributed by atoms with E-state index in [1.165, 1.54) is 0 Å². The molecule has 1 aromatic rings. The van der Waals surface area contributed by atoms with Crippen LogP contribution in [-0.2, 0) is 20.8 Å². The number of carbonyl (C=O) groups excluding carboxylic acids is 2. The molecule has 2 amide bonds. The number of benzene rings is 1. The SMILES string of the molecule is CCCCOC(=O)N1CC(OCCNC(=O)OCc2ccccc2)C1. The summed E-state index contributed by atoms with van der Waals surface area (Å²) in [6.45, 7) is 4.56. The van der Waals surface area contributed by atoms with Crippen LogP contribution in [0.25, 0.3) is 0 Å². The van der Waals surface area contributed by atoms with Gasteiger partial charge in [-0.2, -0.15) is 0 Å². The Hall–Kier alpha value is -2.28. The highest BCUT2D eigenvalue weighted by Crippen LogP contribution is 2.13. The molecule has 138 valence electrons. The summed E-state index contributed by atoms with van der Waals surface area (Å²) in [7, 11) is 0. The Morgan fingerprint density at radius 3 is 2.64 bits per heavy atom. The number of rotatable bonds is 9. The Labute approximate surface area is 148 Å². The number of hydrogen-bond donors (Lipinski definition) is 1. The van der Waals surface area contributed by atoms with Crippen molar-refractivity contribution in [3.8, 4) is 0 Å². The third kappa shape index (κ3) is 7.01. The van der Waals surface area contributed by atoms with E-state index in [0.29, 0.717) is 32.8 Å². The number of amides is 2. The van der Waals surface area contributed by atoms with Gasteiger partial charge >= 0.3 is 12.2 Å². The Morgan fingerprint density at radius 2 is 1.92 bits per heavy atom. The van der Waals surface area contributed by atoms with Crippen molar-refractivity contribution in [3.05, 3.63) is 35.9 Å². The van der Waals surface area contributed by atoms with Crippen molar-refractivity contribution in [2.75, 3.05) is 32.8 Å². The van der Waals surface area contributed by atoms with Crippen molar-refractivity contribution >= 4 is 12.2 Å². The minimum Gasteiger partial charge on any atom is -0.449 e. The first-order valence-corrected chi connectivity index (χ1v) is 8.67. The standard InChI is InChI=1S/C18H26N2O5/c1-2-3-10-24-18(22)20-12-16(13-20)23-11-9-19-17(21)25-14-15-7-5-4-6-8-15/h4-8,16H,2-3,9-14H2,1H3,(H,19,21). The number of unbranched alkanes of at least 4 members (excludes halogenated alkanes) is 1. The van der Waals surface area contributed by atoms with Crippen LogP contribution in [0, 0.1) is 0 Å². The minimum atomic E-state index is -0.470. The number of nitrogens with zero attached hydrogens (tertiary/aromatic N) is 1. The number of carbonyl (C=O) groups is 2. The van der Waals surface area contributed by atoms with Gasteiger partial charge in [0.15, 0.2) is 0 Å². The maximum atomic E-state index is 11.6. The van der Waals surface area contributed by atoms with Gasteiger partial charge in [-0.25, -0.2) is 9.59 Å². The summed E-state index contributed by atoms with van der Waals surface area (Å²) in [5.41, 5.74) is 0.939. The highest BCUT2D eigenvalue weighted by molar-refractivity contribution is 5.68. The zero-order valence-electron chi connectivity index (χ0n) is 14.6. The van der Waals surface area contributed by atoms with Gasteiger partial charge in [0.05, 0.1) is 32.4 Å². The Bertz CT molecular complexity index is 532. The second kappa shape index (κ2) is 10.6. The van der Waals surface area contributed by atoms with Gasteiger partial charge < -0.3 is 24.4 Å². The first kappa shape index (κ1) is 19.1. The average molecular weight is 350 g/mol. The van der Waals surface area contributed by atoms with Crippen molar-refractivity contribution < 1.29 is 23.8 Å². The molecular weight excluding hydrogens is 324 g/mol. The molecule has 0 atom stereocenters. The van der Waals surface area contributed by atoms with Gasteiger partial charge in [0.25, 0.3) is 0 Å². The Kier molecular flexibility index (Phi) is 8.04. The third-order valence-corrected chi connectivity index (χ3v) is 3.77. The van der Waals surface area contributed by atoms with Gasteiger partial charge in [0.2, 0.25) is 0 Å². The van der Waals surface area contributed by atoms with E-state index in [1.807, 2.05) is 37.3 Å². The molecule has 0 saturated carbocycles. The van der Waals surface area contributed by atoms with Crippen LogP contribution in [0.4, 0.5) is 9.59 Å². The molecule has 0 radical (unpaired) electrons. The van der Waals surface area contributed by atoms with Crippen LogP contribution in [0.5, 0.6) is 0 Å². The third-order valence-electron chi connectivity index (χ3n) is 3.77. The maximum Gasteiger partial charge on any atom is 0.409 e. The second-order valence-corrected chi connectivity index (χ2v) is 5.85. The van der Waals surface area contributed by atoms with Crippen LogP contribution in [0.15, 0.2) is 30.3 Å². The fourth-order valence-electron chi connectivity index (χ4n) is 2.24. The van der Waals surface area contributed by atoms with Crippen LogP contribution >= 0.6 is 0 Å². The van der Waals surface area contributed by atoms with E-state index in [9.17, 15) is 9.59 Å². The van der Waals surface area contributed by atoms with Gasteiger partial charge in [0.1, 0.15) is 6.61 Å². The molecule has 0 unspecified atom stereocenters. The van der Waals surface area contributed by atoms with E-state index < -0.39 is 6.09 Å². The quantitative estimate of drug-likeness (QED) is 0.693. The predicted octanol–water partition coefficient (Wildman–Crippen LogP) is 2.55.